The van der Waals surface area contributed by atoms with Gasteiger partial charge in [-0.15, -0.1) is 0 Å². The van der Waals surface area contributed by atoms with Crippen molar-refractivity contribution in [2.45, 2.75) is 26.1 Å². The Kier molecular flexibility index (Phi) is 4.58. The largest absolute Gasteiger partial charge is 0.467 e. The van der Waals surface area contributed by atoms with Gasteiger partial charge in [0.1, 0.15) is 18.2 Å². The molecule has 1 N–H and O–H groups in total. The third kappa shape index (κ3) is 3.41. The molecule has 0 amide bonds. The van der Waals surface area contributed by atoms with Crippen LogP contribution in [0.15, 0.2) is 42.6 Å². The number of para-hydroxylation sites is 1. The van der Waals surface area contributed by atoms with Crippen LogP contribution in [0.3, 0.4) is 0 Å². The molecule has 3 aromatic rings. The molecule has 1 aromatic heterocycles. The zero-order valence-corrected chi connectivity index (χ0v) is 14.1. The molecular weight excluding hydrogens is 337 g/mol. The van der Waals surface area contributed by atoms with Gasteiger partial charge in [-0.25, -0.2) is 4.39 Å². The molecule has 26 heavy (non-hydrogen) atoms. The van der Waals surface area contributed by atoms with Crippen LogP contribution < -0.4 is 4.74 Å². The molecule has 0 saturated heterocycles. The van der Waals surface area contributed by atoms with Crippen LogP contribution in [0.25, 0.3) is 10.9 Å². The molecule has 0 radical (unpaired) electrons. The lowest BCUT2D eigenvalue weighted by molar-refractivity contribution is -0.145. The Balaban J connectivity index is 1.38. The van der Waals surface area contributed by atoms with Gasteiger partial charge in [0.2, 0.25) is 0 Å². The zero-order chi connectivity index (χ0) is 17.9. The lowest BCUT2D eigenvalue weighted by atomic mass is 10.1. The van der Waals surface area contributed by atoms with Crippen LogP contribution in [0.1, 0.15) is 23.1 Å². The van der Waals surface area contributed by atoms with Crippen LogP contribution >= 0.6 is 0 Å². The van der Waals surface area contributed by atoms with E-state index in [1.54, 1.807) is 0 Å². The van der Waals surface area contributed by atoms with Crippen molar-refractivity contribution in [1.82, 2.24) is 4.98 Å². The number of halogens is 1. The molecule has 0 spiro atoms. The van der Waals surface area contributed by atoms with E-state index < -0.39 is 5.82 Å². The standard InChI is InChI=1S/C20H18FNO4/c21-16-7-14-10-24-12-26-20(14)15(8-16)11-25-19(23)6-5-13-9-22-18-4-2-1-3-17(13)18/h1-4,7-9,22H,5-6,10-12H2. The summed E-state index contributed by atoms with van der Waals surface area (Å²) < 4.78 is 29.6. The van der Waals surface area contributed by atoms with Crippen LogP contribution in [0.4, 0.5) is 4.39 Å². The second-order valence-electron chi connectivity index (χ2n) is 6.18. The minimum Gasteiger partial charge on any atom is -0.467 e. The monoisotopic (exact) mass is 355 g/mol. The van der Waals surface area contributed by atoms with Crippen LogP contribution in [0, 0.1) is 5.82 Å². The fourth-order valence-electron chi connectivity index (χ4n) is 3.17. The number of fused-ring (bicyclic) bond motifs is 2. The molecular formula is C20H18FNO4. The van der Waals surface area contributed by atoms with Gasteiger partial charge >= 0.3 is 5.97 Å². The maximum atomic E-state index is 13.7. The summed E-state index contributed by atoms with van der Waals surface area (Å²) in [4.78, 5) is 15.3. The summed E-state index contributed by atoms with van der Waals surface area (Å²) in [5.74, 6) is -0.190. The van der Waals surface area contributed by atoms with Gasteiger partial charge in [0.25, 0.3) is 0 Å². The van der Waals surface area contributed by atoms with Crippen molar-refractivity contribution in [1.29, 1.82) is 0 Å². The Morgan fingerprint density at radius 1 is 1.23 bits per heavy atom. The summed E-state index contributed by atoms with van der Waals surface area (Å²) in [5.41, 5.74) is 3.26. The number of aryl methyl sites for hydroxylation is 1. The smallest absolute Gasteiger partial charge is 0.306 e. The van der Waals surface area contributed by atoms with Crippen LogP contribution in [-0.4, -0.2) is 17.7 Å². The topological polar surface area (TPSA) is 60.6 Å². The maximum absolute atomic E-state index is 13.7. The number of benzene rings is 2. The summed E-state index contributed by atoms with van der Waals surface area (Å²) in [6.45, 7) is 0.377. The van der Waals surface area contributed by atoms with Crippen molar-refractivity contribution >= 4 is 16.9 Å². The number of H-pyrrole nitrogens is 1. The SMILES string of the molecule is O=C(CCc1c[nH]c2ccccc12)OCc1cc(F)cc2c1OCOC2. The average Bonchev–Trinajstić information content (AvgIpc) is 3.07. The van der Waals surface area contributed by atoms with Gasteiger partial charge in [0.05, 0.1) is 6.61 Å². The molecule has 6 heteroatoms. The summed E-state index contributed by atoms with van der Waals surface area (Å²) in [5, 5.41) is 1.10. The highest BCUT2D eigenvalue weighted by molar-refractivity contribution is 5.83. The summed E-state index contributed by atoms with van der Waals surface area (Å²) in [6, 6.07) is 10.6. The number of aromatic nitrogens is 1. The molecule has 0 aliphatic carbocycles. The molecule has 2 aromatic carbocycles. The van der Waals surface area contributed by atoms with E-state index in [0.717, 1.165) is 16.5 Å². The van der Waals surface area contributed by atoms with Gasteiger partial charge in [-0.05, 0) is 30.2 Å². The first-order valence-corrected chi connectivity index (χ1v) is 8.43. The first-order valence-electron chi connectivity index (χ1n) is 8.43. The molecule has 134 valence electrons. The van der Waals surface area contributed by atoms with E-state index in [-0.39, 0.29) is 32.4 Å². The van der Waals surface area contributed by atoms with Crippen LogP contribution in [-0.2, 0) is 33.9 Å². The van der Waals surface area contributed by atoms with E-state index >= 15 is 0 Å². The lowest BCUT2D eigenvalue weighted by Crippen LogP contribution is -2.15. The van der Waals surface area contributed by atoms with E-state index in [1.807, 2.05) is 30.5 Å². The number of carbonyl (C=O) groups is 1. The van der Waals surface area contributed by atoms with E-state index in [2.05, 4.69) is 4.98 Å². The molecule has 5 nitrogen and oxygen atoms in total. The molecule has 0 atom stereocenters. The molecule has 4 rings (SSSR count). The van der Waals surface area contributed by atoms with Crippen molar-refractivity contribution in [3.05, 3.63) is 65.1 Å². The second-order valence-corrected chi connectivity index (χ2v) is 6.18. The second kappa shape index (κ2) is 7.17. The molecule has 0 fully saturated rings. The van der Waals surface area contributed by atoms with E-state index in [9.17, 15) is 9.18 Å². The normalized spacial score (nSPS) is 13.3. The van der Waals surface area contributed by atoms with Crippen molar-refractivity contribution < 1.29 is 23.4 Å². The Bertz CT molecular complexity index is 950. The van der Waals surface area contributed by atoms with Crippen molar-refractivity contribution in [3.8, 4) is 5.75 Å². The fourth-order valence-corrected chi connectivity index (χ4v) is 3.17. The summed E-state index contributed by atoms with van der Waals surface area (Å²) in [6.07, 6.45) is 2.74. The Morgan fingerprint density at radius 3 is 3.04 bits per heavy atom. The predicted octanol–water partition coefficient (Wildman–Crippen LogP) is 3.85. The molecule has 1 aliphatic heterocycles. The van der Waals surface area contributed by atoms with Gasteiger partial charge in [0, 0.05) is 34.6 Å². The van der Waals surface area contributed by atoms with E-state index in [4.69, 9.17) is 14.2 Å². The number of esters is 1. The van der Waals surface area contributed by atoms with Crippen LogP contribution in [0.5, 0.6) is 5.75 Å². The van der Waals surface area contributed by atoms with Gasteiger partial charge < -0.3 is 19.2 Å². The molecule has 0 saturated carbocycles. The first-order chi connectivity index (χ1) is 12.7. The van der Waals surface area contributed by atoms with Crippen molar-refractivity contribution in [2.75, 3.05) is 6.79 Å². The Morgan fingerprint density at radius 2 is 2.12 bits per heavy atom. The first kappa shape index (κ1) is 16.6. The van der Waals surface area contributed by atoms with E-state index in [0.29, 0.717) is 23.3 Å². The minimum atomic E-state index is -0.400. The molecule has 0 unspecified atom stereocenters. The van der Waals surface area contributed by atoms with Crippen LogP contribution in [0.2, 0.25) is 0 Å². The highest BCUT2D eigenvalue weighted by Crippen LogP contribution is 2.30. The molecule has 0 bridgehead atoms. The molecule has 2 heterocycles. The van der Waals surface area contributed by atoms with Gasteiger partial charge in [0.15, 0.2) is 6.79 Å². The number of hydrogen-bond donors (Lipinski definition) is 1. The number of carbonyl (C=O) groups excluding carboxylic acids is 1. The fraction of sp³-hybridized carbons (Fsp3) is 0.250. The number of nitrogens with one attached hydrogen (secondary N) is 1. The average molecular weight is 355 g/mol. The third-order valence-corrected chi connectivity index (χ3v) is 4.41. The summed E-state index contributed by atoms with van der Waals surface area (Å²) in [7, 11) is 0. The summed E-state index contributed by atoms with van der Waals surface area (Å²) >= 11 is 0. The van der Waals surface area contributed by atoms with Crippen molar-refractivity contribution in [3.63, 3.8) is 0 Å². The number of aromatic amines is 1. The lowest BCUT2D eigenvalue weighted by Gasteiger charge is -2.20. The number of hydrogen-bond acceptors (Lipinski definition) is 4. The highest BCUT2D eigenvalue weighted by atomic mass is 19.1. The Hall–Kier alpha value is -2.86. The van der Waals surface area contributed by atoms with Gasteiger partial charge in [-0.3, -0.25) is 4.79 Å². The predicted molar refractivity (Wildman–Crippen MR) is 93.1 cm³/mol. The zero-order valence-electron chi connectivity index (χ0n) is 14.1. The van der Waals surface area contributed by atoms with E-state index in [1.165, 1.54) is 12.1 Å². The minimum absolute atomic E-state index is 0.0210. The quantitative estimate of drug-likeness (QED) is 0.706. The maximum Gasteiger partial charge on any atom is 0.306 e. The van der Waals surface area contributed by atoms with Gasteiger partial charge in [-0.1, -0.05) is 18.2 Å². The number of ether oxygens (including phenoxy) is 3. The van der Waals surface area contributed by atoms with Gasteiger partial charge in [-0.2, -0.15) is 0 Å². The van der Waals surface area contributed by atoms with Crippen molar-refractivity contribution in [2.24, 2.45) is 0 Å². The highest BCUT2D eigenvalue weighted by Gasteiger charge is 2.18. The Labute approximate surface area is 149 Å². The number of rotatable bonds is 5. The third-order valence-electron chi connectivity index (χ3n) is 4.41. The molecule has 1 aliphatic rings.